The average molecular weight is 397 g/mol. The molecule has 2 amide bonds. The number of carbonyl (C=O) groups excluding carboxylic acids is 2. The zero-order chi connectivity index (χ0) is 20.6. The van der Waals surface area contributed by atoms with E-state index in [2.05, 4.69) is 22.3 Å². The summed E-state index contributed by atoms with van der Waals surface area (Å²) in [6, 6.07) is 15.7. The van der Waals surface area contributed by atoms with Crippen LogP contribution in [-0.4, -0.2) is 63.7 Å². The Morgan fingerprint density at radius 2 is 1.62 bits per heavy atom. The molecule has 0 atom stereocenters. The summed E-state index contributed by atoms with van der Waals surface area (Å²) < 4.78 is 10.5. The monoisotopic (exact) mass is 397 g/mol. The highest BCUT2D eigenvalue weighted by molar-refractivity contribution is 6.35. The number of rotatable bonds is 6. The number of methoxy groups -OCH3 is 2. The van der Waals surface area contributed by atoms with Gasteiger partial charge in [0.1, 0.15) is 0 Å². The molecule has 0 spiro atoms. The molecule has 3 rings (SSSR count). The van der Waals surface area contributed by atoms with E-state index in [4.69, 9.17) is 9.47 Å². The van der Waals surface area contributed by atoms with Crippen LogP contribution in [0.15, 0.2) is 48.5 Å². The molecule has 1 heterocycles. The molecule has 1 N–H and O–H groups in total. The highest BCUT2D eigenvalue weighted by atomic mass is 16.5. The summed E-state index contributed by atoms with van der Waals surface area (Å²) in [6.07, 6.45) is 0.598. The van der Waals surface area contributed by atoms with Crippen molar-refractivity contribution in [2.24, 2.45) is 0 Å². The van der Waals surface area contributed by atoms with Crippen molar-refractivity contribution in [2.45, 2.75) is 6.42 Å². The molecule has 29 heavy (non-hydrogen) atoms. The molecule has 1 aliphatic rings. The van der Waals surface area contributed by atoms with Crippen LogP contribution in [-0.2, 0) is 16.0 Å². The van der Waals surface area contributed by atoms with Crippen LogP contribution in [0.25, 0.3) is 0 Å². The molecule has 7 heteroatoms. The smallest absolute Gasteiger partial charge is 0.312 e. The molecule has 1 aliphatic heterocycles. The third-order valence-electron chi connectivity index (χ3n) is 5.03. The van der Waals surface area contributed by atoms with Crippen molar-refractivity contribution in [1.82, 2.24) is 10.2 Å². The summed E-state index contributed by atoms with van der Waals surface area (Å²) in [6.45, 7) is 2.89. The molecule has 0 saturated carbocycles. The van der Waals surface area contributed by atoms with Crippen molar-refractivity contribution in [3.05, 3.63) is 54.1 Å². The summed E-state index contributed by atoms with van der Waals surface area (Å²) >= 11 is 0. The second-order valence-corrected chi connectivity index (χ2v) is 6.81. The molecule has 0 aliphatic carbocycles. The van der Waals surface area contributed by atoms with Crippen molar-refractivity contribution in [3.8, 4) is 11.5 Å². The van der Waals surface area contributed by atoms with Crippen LogP contribution >= 0.6 is 0 Å². The van der Waals surface area contributed by atoms with E-state index in [1.165, 1.54) is 0 Å². The zero-order valence-electron chi connectivity index (χ0n) is 16.9. The number of hydrogen-bond acceptors (Lipinski definition) is 5. The largest absolute Gasteiger partial charge is 0.493 e. The van der Waals surface area contributed by atoms with Crippen molar-refractivity contribution < 1.29 is 19.1 Å². The molecular formula is C22H27N3O4. The number of nitrogens with one attached hydrogen (secondary N) is 1. The highest BCUT2D eigenvalue weighted by Gasteiger charge is 2.25. The Labute approximate surface area is 171 Å². The molecule has 0 aromatic heterocycles. The Bertz CT molecular complexity index is 833. The molecule has 2 aromatic carbocycles. The maximum atomic E-state index is 12.4. The van der Waals surface area contributed by atoms with Gasteiger partial charge in [0.2, 0.25) is 0 Å². The topological polar surface area (TPSA) is 71.1 Å². The number of ether oxygens (including phenoxy) is 2. The van der Waals surface area contributed by atoms with Crippen LogP contribution in [0.5, 0.6) is 11.5 Å². The first-order chi connectivity index (χ1) is 14.1. The Kier molecular flexibility index (Phi) is 6.94. The molecule has 1 saturated heterocycles. The van der Waals surface area contributed by atoms with Crippen LogP contribution in [0, 0.1) is 0 Å². The molecule has 0 bridgehead atoms. The van der Waals surface area contributed by atoms with Gasteiger partial charge >= 0.3 is 11.8 Å². The second kappa shape index (κ2) is 9.82. The SMILES string of the molecule is COc1ccc(CCNC(=O)C(=O)N2CCN(c3ccccc3)CC2)cc1OC. The minimum Gasteiger partial charge on any atom is -0.493 e. The van der Waals surface area contributed by atoms with Crippen LogP contribution in [0.3, 0.4) is 0 Å². The van der Waals surface area contributed by atoms with Crippen molar-refractivity contribution >= 4 is 17.5 Å². The van der Waals surface area contributed by atoms with Gasteiger partial charge in [-0.2, -0.15) is 0 Å². The standard InChI is InChI=1S/C22H27N3O4/c1-28-19-9-8-17(16-20(19)29-2)10-11-23-21(26)22(27)25-14-12-24(13-15-25)18-6-4-3-5-7-18/h3-9,16H,10-15H2,1-2H3,(H,23,26). The van der Waals surface area contributed by atoms with Gasteiger partial charge in [0.15, 0.2) is 11.5 Å². The molecule has 154 valence electrons. The van der Waals surface area contributed by atoms with Gasteiger partial charge in [0.05, 0.1) is 14.2 Å². The lowest BCUT2D eigenvalue weighted by molar-refractivity contribution is -0.146. The van der Waals surface area contributed by atoms with Gasteiger partial charge in [-0.05, 0) is 36.2 Å². The Balaban J connectivity index is 1.45. The molecular weight excluding hydrogens is 370 g/mol. The van der Waals surface area contributed by atoms with Gasteiger partial charge < -0.3 is 24.6 Å². The van der Waals surface area contributed by atoms with E-state index < -0.39 is 11.8 Å². The van der Waals surface area contributed by atoms with E-state index in [1.54, 1.807) is 19.1 Å². The normalized spacial score (nSPS) is 13.7. The average Bonchev–Trinajstić information content (AvgIpc) is 2.79. The fourth-order valence-corrected chi connectivity index (χ4v) is 3.38. The van der Waals surface area contributed by atoms with Gasteiger partial charge in [0.25, 0.3) is 0 Å². The second-order valence-electron chi connectivity index (χ2n) is 6.81. The number of benzene rings is 2. The summed E-state index contributed by atoms with van der Waals surface area (Å²) in [7, 11) is 3.17. The fourth-order valence-electron chi connectivity index (χ4n) is 3.38. The number of para-hydroxylation sites is 1. The minimum absolute atomic E-state index is 0.379. The fraction of sp³-hybridized carbons (Fsp3) is 0.364. The first-order valence-corrected chi connectivity index (χ1v) is 9.70. The van der Waals surface area contributed by atoms with E-state index >= 15 is 0 Å². The number of anilines is 1. The Morgan fingerprint density at radius 1 is 0.931 bits per heavy atom. The first kappa shape index (κ1) is 20.5. The number of hydrogen-bond donors (Lipinski definition) is 1. The lowest BCUT2D eigenvalue weighted by Crippen LogP contribution is -2.52. The van der Waals surface area contributed by atoms with Crippen molar-refractivity contribution in [3.63, 3.8) is 0 Å². The first-order valence-electron chi connectivity index (χ1n) is 9.70. The van der Waals surface area contributed by atoms with Crippen molar-refractivity contribution in [2.75, 3.05) is 51.8 Å². The number of carbonyl (C=O) groups is 2. The van der Waals surface area contributed by atoms with Crippen LogP contribution in [0.1, 0.15) is 5.56 Å². The van der Waals surface area contributed by atoms with E-state index in [9.17, 15) is 9.59 Å². The van der Waals surface area contributed by atoms with Gasteiger partial charge in [-0.15, -0.1) is 0 Å². The van der Waals surface area contributed by atoms with Gasteiger partial charge in [0, 0.05) is 38.4 Å². The van der Waals surface area contributed by atoms with Crippen LogP contribution in [0.2, 0.25) is 0 Å². The molecule has 2 aromatic rings. The third kappa shape index (κ3) is 5.19. The van der Waals surface area contributed by atoms with E-state index in [0.29, 0.717) is 50.6 Å². The summed E-state index contributed by atoms with van der Waals surface area (Å²) in [5, 5.41) is 2.72. The van der Waals surface area contributed by atoms with Gasteiger partial charge in [-0.1, -0.05) is 24.3 Å². The van der Waals surface area contributed by atoms with Crippen LogP contribution in [0.4, 0.5) is 5.69 Å². The molecule has 0 radical (unpaired) electrons. The van der Waals surface area contributed by atoms with E-state index in [0.717, 1.165) is 11.3 Å². The Morgan fingerprint density at radius 3 is 2.28 bits per heavy atom. The van der Waals surface area contributed by atoms with Crippen LogP contribution < -0.4 is 19.7 Å². The maximum Gasteiger partial charge on any atom is 0.312 e. The molecule has 7 nitrogen and oxygen atoms in total. The van der Waals surface area contributed by atoms with E-state index in [-0.39, 0.29) is 0 Å². The minimum atomic E-state index is -0.557. The molecule has 0 unspecified atom stereocenters. The third-order valence-corrected chi connectivity index (χ3v) is 5.03. The quantitative estimate of drug-likeness (QED) is 0.752. The predicted octanol–water partition coefficient (Wildman–Crippen LogP) is 1.71. The predicted molar refractivity (Wildman–Crippen MR) is 111 cm³/mol. The Hall–Kier alpha value is -3.22. The summed E-state index contributed by atoms with van der Waals surface area (Å²) in [4.78, 5) is 28.5. The van der Waals surface area contributed by atoms with Crippen molar-refractivity contribution in [1.29, 1.82) is 0 Å². The summed E-state index contributed by atoms with van der Waals surface area (Å²) in [5.41, 5.74) is 2.13. The zero-order valence-corrected chi connectivity index (χ0v) is 16.9. The lowest BCUT2D eigenvalue weighted by atomic mass is 10.1. The number of piperazine rings is 1. The summed E-state index contributed by atoms with van der Waals surface area (Å²) in [5.74, 6) is 0.275. The number of amides is 2. The maximum absolute atomic E-state index is 12.4. The van der Waals surface area contributed by atoms with Gasteiger partial charge in [-0.25, -0.2) is 0 Å². The highest BCUT2D eigenvalue weighted by Crippen LogP contribution is 2.27. The van der Waals surface area contributed by atoms with Gasteiger partial charge in [-0.3, -0.25) is 9.59 Å². The van der Waals surface area contributed by atoms with E-state index in [1.807, 2.05) is 36.4 Å². The molecule has 1 fully saturated rings. The number of nitrogens with zero attached hydrogens (tertiary/aromatic N) is 2. The lowest BCUT2D eigenvalue weighted by Gasteiger charge is -2.35.